The molecule has 3 rings (SSSR count). The lowest BCUT2D eigenvalue weighted by molar-refractivity contribution is 0.251. The number of urea groups is 1. The van der Waals surface area contributed by atoms with Crippen molar-refractivity contribution >= 4 is 11.7 Å². The van der Waals surface area contributed by atoms with Gasteiger partial charge in [-0.1, -0.05) is 18.2 Å². The van der Waals surface area contributed by atoms with E-state index in [4.69, 9.17) is 4.74 Å². The number of benzene rings is 2. The molecular weight excluding hydrogens is 344 g/mol. The van der Waals surface area contributed by atoms with Crippen LogP contribution >= 0.6 is 0 Å². The normalized spacial score (nSPS) is 10.5. The molecule has 0 radical (unpaired) electrons. The molecule has 0 aliphatic carbocycles. The summed E-state index contributed by atoms with van der Waals surface area (Å²) in [6.45, 7) is 6.67. The van der Waals surface area contributed by atoms with Gasteiger partial charge in [0.05, 0.1) is 24.5 Å². The third-order valence-corrected chi connectivity index (χ3v) is 4.11. The Kier molecular flexibility index (Phi) is 5.65. The number of rotatable bonds is 6. The number of nitrogens with zero attached hydrogens (tertiary/aromatic N) is 4. The number of aryl methyl sites for hydroxylation is 2. The molecule has 8 heteroatoms. The lowest BCUT2D eigenvalue weighted by Gasteiger charge is -2.12. The number of nitrogens with one attached hydrogen (secondary N) is 2. The van der Waals surface area contributed by atoms with Gasteiger partial charge in [-0.25, -0.2) is 4.79 Å². The number of amides is 2. The van der Waals surface area contributed by atoms with Gasteiger partial charge < -0.3 is 15.4 Å². The third kappa shape index (κ3) is 4.41. The summed E-state index contributed by atoms with van der Waals surface area (Å²) in [5.74, 6) is 1.15. The minimum absolute atomic E-state index is 0.183. The van der Waals surface area contributed by atoms with Crippen LogP contribution in [0.15, 0.2) is 42.5 Å². The number of tetrazole rings is 1. The fourth-order valence-electron chi connectivity index (χ4n) is 2.55. The Hall–Kier alpha value is -3.42. The number of carbonyl (C=O) groups excluding carboxylic acids is 1. The summed E-state index contributed by atoms with van der Waals surface area (Å²) < 4.78 is 7.12. The van der Waals surface area contributed by atoms with Crippen molar-refractivity contribution in [2.24, 2.45) is 0 Å². The van der Waals surface area contributed by atoms with Crippen LogP contribution in [0.4, 0.5) is 10.5 Å². The van der Waals surface area contributed by atoms with Crippen LogP contribution in [0.3, 0.4) is 0 Å². The molecule has 27 heavy (non-hydrogen) atoms. The highest BCUT2D eigenvalue weighted by atomic mass is 16.5. The first-order valence-corrected chi connectivity index (χ1v) is 8.70. The maximum atomic E-state index is 12.3. The summed E-state index contributed by atoms with van der Waals surface area (Å²) >= 11 is 0. The minimum Gasteiger partial charge on any atom is -0.492 e. The predicted octanol–water partition coefficient (Wildman–Crippen LogP) is 3.00. The number of hydrogen-bond donors (Lipinski definition) is 2. The summed E-state index contributed by atoms with van der Waals surface area (Å²) in [4.78, 5) is 12.3. The molecule has 2 aromatic carbocycles. The van der Waals surface area contributed by atoms with Gasteiger partial charge >= 0.3 is 6.03 Å². The smallest absolute Gasteiger partial charge is 0.319 e. The van der Waals surface area contributed by atoms with E-state index < -0.39 is 0 Å². The lowest BCUT2D eigenvalue weighted by atomic mass is 10.1. The third-order valence-electron chi connectivity index (χ3n) is 4.11. The van der Waals surface area contributed by atoms with Crippen molar-refractivity contribution in [3.05, 3.63) is 59.4 Å². The maximum absolute atomic E-state index is 12.3. The number of hydrogen-bond acceptors (Lipinski definition) is 5. The van der Waals surface area contributed by atoms with Gasteiger partial charge in [0.1, 0.15) is 5.75 Å². The van der Waals surface area contributed by atoms with Gasteiger partial charge in [0.25, 0.3) is 0 Å². The fraction of sp³-hybridized carbons (Fsp3) is 0.263. The Bertz CT molecular complexity index is 937. The fourth-order valence-corrected chi connectivity index (χ4v) is 2.55. The molecule has 0 atom stereocenters. The first-order chi connectivity index (χ1) is 13.1. The zero-order valence-corrected chi connectivity index (χ0v) is 15.6. The van der Waals surface area contributed by atoms with E-state index in [1.165, 1.54) is 5.56 Å². The van der Waals surface area contributed by atoms with Crippen LogP contribution in [0.2, 0.25) is 0 Å². The molecule has 0 saturated heterocycles. The van der Waals surface area contributed by atoms with Crippen molar-refractivity contribution in [2.75, 3.05) is 11.9 Å². The highest BCUT2D eigenvalue weighted by molar-refractivity contribution is 5.90. The summed E-state index contributed by atoms with van der Waals surface area (Å²) in [6, 6.07) is 12.9. The topological polar surface area (TPSA) is 94.0 Å². The predicted molar refractivity (Wildman–Crippen MR) is 102 cm³/mol. The van der Waals surface area contributed by atoms with Crippen molar-refractivity contribution in [1.29, 1.82) is 0 Å². The molecule has 0 fully saturated rings. The van der Waals surface area contributed by atoms with Gasteiger partial charge in [-0.2, -0.15) is 4.68 Å². The molecule has 2 N–H and O–H groups in total. The van der Waals surface area contributed by atoms with Crippen LogP contribution in [0.1, 0.15) is 23.9 Å². The molecule has 0 saturated carbocycles. The average molecular weight is 366 g/mol. The van der Waals surface area contributed by atoms with Gasteiger partial charge in [-0.3, -0.25) is 0 Å². The number of carbonyl (C=O) groups is 1. The van der Waals surface area contributed by atoms with Crippen LogP contribution < -0.4 is 15.4 Å². The first kappa shape index (κ1) is 18.4. The van der Waals surface area contributed by atoms with Crippen LogP contribution in [-0.2, 0) is 6.54 Å². The SMILES string of the molecule is CCOc1ccccc1NC(=O)NCc1nnnn1-c1ccc(C)c(C)c1. The highest BCUT2D eigenvalue weighted by Gasteiger charge is 2.12. The number of ether oxygens (including phenoxy) is 1. The molecule has 3 aromatic rings. The second kappa shape index (κ2) is 8.31. The van der Waals surface area contributed by atoms with E-state index in [1.54, 1.807) is 16.8 Å². The number of para-hydroxylation sites is 2. The molecule has 2 amide bonds. The van der Waals surface area contributed by atoms with Gasteiger partial charge in [0, 0.05) is 0 Å². The van der Waals surface area contributed by atoms with Crippen molar-refractivity contribution < 1.29 is 9.53 Å². The Morgan fingerprint density at radius 1 is 1.15 bits per heavy atom. The molecule has 1 heterocycles. The molecular formula is C19H22N6O2. The largest absolute Gasteiger partial charge is 0.492 e. The van der Waals surface area contributed by atoms with E-state index in [2.05, 4.69) is 26.2 Å². The van der Waals surface area contributed by atoms with E-state index in [0.29, 0.717) is 23.9 Å². The maximum Gasteiger partial charge on any atom is 0.319 e. The molecule has 8 nitrogen and oxygen atoms in total. The second-order valence-corrected chi connectivity index (χ2v) is 6.01. The molecule has 0 aliphatic rings. The van der Waals surface area contributed by atoms with Crippen molar-refractivity contribution in [2.45, 2.75) is 27.3 Å². The Labute approximate surface area is 157 Å². The van der Waals surface area contributed by atoms with Gasteiger partial charge in [-0.05, 0) is 66.6 Å². The molecule has 0 unspecified atom stereocenters. The van der Waals surface area contributed by atoms with Crippen LogP contribution in [0.25, 0.3) is 5.69 Å². The van der Waals surface area contributed by atoms with Crippen LogP contribution in [0, 0.1) is 13.8 Å². The van der Waals surface area contributed by atoms with Crippen LogP contribution in [-0.4, -0.2) is 32.8 Å². The molecule has 1 aromatic heterocycles. The van der Waals surface area contributed by atoms with Gasteiger partial charge in [0.2, 0.25) is 0 Å². The minimum atomic E-state index is -0.364. The molecule has 140 valence electrons. The van der Waals surface area contributed by atoms with E-state index >= 15 is 0 Å². The molecule has 0 bridgehead atoms. The van der Waals surface area contributed by atoms with Crippen molar-refractivity contribution in [1.82, 2.24) is 25.5 Å². The summed E-state index contributed by atoms with van der Waals surface area (Å²) in [5.41, 5.74) is 3.79. The van der Waals surface area contributed by atoms with Gasteiger partial charge in [0.15, 0.2) is 5.82 Å². The zero-order chi connectivity index (χ0) is 19.2. The zero-order valence-electron chi connectivity index (χ0n) is 15.6. The monoisotopic (exact) mass is 366 g/mol. The van der Waals surface area contributed by atoms with Crippen LogP contribution in [0.5, 0.6) is 5.75 Å². The average Bonchev–Trinajstić information content (AvgIpc) is 3.13. The van der Waals surface area contributed by atoms with Crippen molar-refractivity contribution in [3.8, 4) is 11.4 Å². The quantitative estimate of drug-likeness (QED) is 0.699. The van der Waals surface area contributed by atoms with Gasteiger partial charge in [-0.15, -0.1) is 5.10 Å². The lowest BCUT2D eigenvalue weighted by Crippen LogP contribution is -2.29. The van der Waals surface area contributed by atoms with E-state index in [9.17, 15) is 4.79 Å². The van der Waals surface area contributed by atoms with E-state index in [0.717, 1.165) is 11.3 Å². The number of aromatic nitrogens is 4. The second-order valence-electron chi connectivity index (χ2n) is 6.01. The summed E-state index contributed by atoms with van der Waals surface area (Å²) in [6.07, 6.45) is 0. The Morgan fingerprint density at radius 2 is 1.96 bits per heavy atom. The Balaban J connectivity index is 1.67. The number of anilines is 1. The van der Waals surface area contributed by atoms with Crippen molar-refractivity contribution in [3.63, 3.8) is 0 Å². The first-order valence-electron chi connectivity index (χ1n) is 8.70. The highest BCUT2D eigenvalue weighted by Crippen LogP contribution is 2.23. The molecule has 0 spiro atoms. The van der Waals surface area contributed by atoms with E-state index in [1.807, 2.05) is 51.1 Å². The van der Waals surface area contributed by atoms with E-state index in [-0.39, 0.29) is 12.6 Å². The molecule has 0 aliphatic heterocycles. The summed E-state index contributed by atoms with van der Waals surface area (Å²) in [7, 11) is 0. The summed E-state index contributed by atoms with van der Waals surface area (Å²) in [5, 5.41) is 17.3. The Morgan fingerprint density at radius 3 is 2.74 bits per heavy atom. The standard InChI is InChI=1S/C19H22N6O2/c1-4-27-17-8-6-5-7-16(17)21-19(26)20-12-18-22-23-24-25(18)15-10-9-13(2)14(3)11-15/h5-11H,4,12H2,1-3H3,(H2,20,21,26).